The molecule has 0 aliphatic carbocycles. The quantitative estimate of drug-likeness (QED) is 0.440. The standard InChI is InChI=1S/C10H12ClNO3/c1-2-14-6-7-15-10(13)8-4-3-5-12-9(8)11/h3-5H,2,6-7H2,1H3. The predicted molar refractivity (Wildman–Crippen MR) is 56.0 cm³/mol. The van der Waals surface area contributed by atoms with Gasteiger partial charge in [0.05, 0.1) is 12.2 Å². The number of ether oxygens (including phenoxy) is 2. The maximum Gasteiger partial charge on any atom is 0.341 e. The third-order valence-corrected chi connectivity index (χ3v) is 1.95. The molecule has 5 heteroatoms. The minimum atomic E-state index is -0.479. The molecule has 0 aromatic carbocycles. The van der Waals surface area contributed by atoms with Crippen molar-refractivity contribution in [2.24, 2.45) is 0 Å². The Labute approximate surface area is 93.2 Å². The van der Waals surface area contributed by atoms with E-state index in [9.17, 15) is 4.79 Å². The molecule has 0 bridgehead atoms. The van der Waals surface area contributed by atoms with Crippen molar-refractivity contribution in [3.05, 3.63) is 29.0 Å². The zero-order valence-corrected chi connectivity index (χ0v) is 9.16. The number of rotatable bonds is 5. The number of esters is 1. The van der Waals surface area contributed by atoms with Crippen LogP contribution in [0.4, 0.5) is 0 Å². The molecule has 0 aliphatic heterocycles. The lowest BCUT2D eigenvalue weighted by molar-refractivity contribution is 0.0335. The van der Waals surface area contributed by atoms with Crippen LogP contribution in [-0.4, -0.2) is 30.8 Å². The molecule has 0 atom stereocenters. The van der Waals surface area contributed by atoms with Crippen LogP contribution in [0.15, 0.2) is 18.3 Å². The van der Waals surface area contributed by atoms with Gasteiger partial charge < -0.3 is 9.47 Å². The summed E-state index contributed by atoms with van der Waals surface area (Å²) in [6, 6.07) is 3.20. The Morgan fingerprint density at radius 3 is 3.00 bits per heavy atom. The van der Waals surface area contributed by atoms with Gasteiger partial charge in [-0.05, 0) is 19.1 Å². The molecule has 1 heterocycles. The second-order valence-electron chi connectivity index (χ2n) is 2.67. The van der Waals surface area contributed by atoms with E-state index in [2.05, 4.69) is 4.98 Å². The Morgan fingerprint density at radius 2 is 2.33 bits per heavy atom. The van der Waals surface area contributed by atoms with E-state index in [1.165, 1.54) is 6.20 Å². The highest BCUT2D eigenvalue weighted by atomic mass is 35.5. The van der Waals surface area contributed by atoms with E-state index in [-0.39, 0.29) is 17.3 Å². The van der Waals surface area contributed by atoms with Gasteiger partial charge in [-0.2, -0.15) is 0 Å². The van der Waals surface area contributed by atoms with Crippen LogP contribution in [0.3, 0.4) is 0 Å². The maximum absolute atomic E-state index is 11.4. The second kappa shape index (κ2) is 6.37. The second-order valence-corrected chi connectivity index (χ2v) is 3.03. The molecule has 1 rings (SSSR count). The van der Waals surface area contributed by atoms with Crippen molar-refractivity contribution in [1.82, 2.24) is 4.98 Å². The lowest BCUT2D eigenvalue weighted by Gasteiger charge is -2.05. The van der Waals surface area contributed by atoms with Crippen molar-refractivity contribution in [1.29, 1.82) is 0 Å². The fourth-order valence-electron chi connectivity index (χ4n) is 0.954. The Balaban J connectivity index is 2.44. The summed E-state index contributed by atoms with van der Waals surface area (Å²) in [6.07, 6.45) is 1.51. The minimum Gasteiger partial charge on any atom is -0.460 e. The number of carbonyl (C=O) groups is 1. The van der Waals surface area contributed by atoms with Gasteiger partial charge in [-0.1, -0.05) is 11.6 Å². The summed E-state index contributed by atoms with van der Waals surface area (Å²) < 4.78 is 9.95. The molecule has 15 heavy (non-hydrogen) atoms. The first-order chi connectivity index (χ1) is 7.25. The number of nitrogens with zero attached hydrogens (tertiary/aromatic N) is 1. The van der Waals surface area contributed by atoms with Crippen LogP contribution in [0.1, 0.15) is 17.3 Å². The van der Waals surface area contributed by atoms with Gasteiger partial charge in [-0.15, -0.1) is 0 Å². The molecular formula is C10H12ClNO3. The van der Waals surface area contributed by atoms with Crippen LogP contribution in [0, 0.1) is 0 Å². The topological polar surface area (TPSA) is 48.4 Å². The highest BCUT2D eigenvalue weighted by molar-refractivity contribution is 6.32. The van der Waals surface area contributed by atoms with Crippen molar-refractivity contribution < 1.29 is 14.3 Å². The third-order valence-electron chi connectivity index (χ3n) is 1.64. The predicted octanol–water partition coefficient (Wildman–Crippen LogP) is 1.93. The van der Waals surface area contributed by atoms with Gasteiger partial charge in [-0.25, -0.2) is 9.78 Å². The highest BCUT2D eigenvalue weighted by Crippen LogP contribution is 2.12. The smallest absolute Gasteiger partial charge is 0.341 e. The largest absolute Gasteiger partial charge is 0.460 e. The summed E-state index contributed by atoms with van der Waals surface area (Å²) in [5, 5.41) is 0.152. The van der Waals surface area contributed by atoms with Gasteiger partial charge in [0.1, 0.15) is 11.8 Å². The molecule has 82 valence electrons. The number of hydrogen-bond donors (Lipinski definition) is 0. The van der Waals surface area contributed by atoms with E-state index in [4.69, 9.17) is 21.1 Å². The summed E-state index contributed by atoms with van der Waals surface area (Å²) in [7, 11) is 0. The Kier molecular flexibility index (Phi) is 5.07. The first-order valence-corrected chi connectivity index (χ1v) is 4.99. The van der Waals surface area contributed by atoms with E-state index < -0.39 is 5.97 Å². The van der Waals surface area contributed by atoms with Crippen molar-refractivity contribution in [3.8, 4) is 0 Å². The van der Waals surface area contributed by atoms with E-state index in [1.54, 1.807) is 12.1 Å². The van der Waals surface area contributed by atoms with E-state index in [0.717, 1.165) is 0 Å². The average Bonchev–Trinajstić information content (AvgIpc) is 2.25. The number of aromatic nitrogens is 1. The fraction of sp³-hybridized carbons (Fsp3) is 0.400. The van der Waals surface area contributed by atoms with Gasteiger partial charge in [-0.3, -0.25) is 0 Å². The number of pyridine rings is 1. The van der Waals surface area contributed by atoms with Crippen LogP contribution in [0.25, 0.3) is 0 Å². The van der Waals surface area contributed by atoms with Crippen molar-refractivity contribution in [3.63, 3.8) is 0 Å². The normalized spacial score (nSPS) is 10.0. The van der Waals surface area contributed by atoms with Gasteiger partial charge in [0.25, 0.3) is 0 Å². The number of carbonyl (C=O) groups excluding carboxylic acids is 1. The first kappa shape index (κ1) is 11.9. The third kappa shape index (κ3) is 3.85. The molecule has 1 aromatic rings. The maximum atomic E-state index is 11.4. The molecule has 0 radical (unpaired) electrons. The lowest BCUT2D eigenvalue weighted by atomic mass is 10.3. The van der Waals surface area contributed by atoms with Crippen LogP contribution >= 0.6 is 11.6 Å². The molecule has 0 saturated carbocycles. The Morgan fingerprint density at radius 1 is 1.53 bits per heavy atom. The molecule has 0 N–H and O–H groups in total. The lowest BCUT2D eigenvalue weighted by Crippen LogP contribution is -2.11. The SMILES string of the molecule is CCOCCOC(=O)c1cccnc1Cl. The van der Waals surface area contributed by atoms with Gasteiger partial charge in [0.15, 0.2) is 0 Å². The molecule has 0 aliphatic rings. The molecule has 0 spiro atoms. The Bertz CT molecular complexity index is 330. The summed E-state index contributed by atoms with van der Waals surface area (Å²) in [4.78, 5) is 15.2. The van der Waals surface area contributed by atoms with Crippen molar-refractivity contribution in [2.75, 3.05) is 19.8 Å². The van der Waals surface area contributed by atoms with E-state index in [0.29, 0.717) is 13.2 Å². The number of halogens is 1. The minimum absolute atomic E-state index is 0.152. The zero-order chi connectivity index (χ0) is 11.1. The molecule has 0 saturated heterocycles. The van der Waals surface area contributed by atoms with Crippen LogP contribution in [0.5, 0.6) is 0 Å². The van der Waals surface area contributed by atoms with Crippen LogP contribution < -0.4 is 0 Å². The van der Waals surface area contributed by atoms with E-state index in [1.807, 2.05) is 6.92 Å². The first-order valence-electron chi connectivity index (χ1n) is 4.61. The zero-order valence-electron chi connectivity index (χ0n) is 8.40. The van der Waals surface area contributed by atoms with Gasteiger partial charge in [0.2, 0.25) is 0 Å². The Hall–Kier alpha value is -1.13. The highest BCUT2D eigenvalue weighted by Gasteiger charge is 2.11. The van der Waals surface area contributed by atoms with Gasteiger partial charge >= 0.3 is 5.97 Å². The van der Waals surface area contributed by atoms with Crippen LogP contribution in [-0.2, 0) is 9.47 Å². The van der Waals surface area contributed by atoms with Gasteiger partial charge in [0, 0.05) is 12.8 Å². The average molecular weight is 230 g/mol. The number of hydrogen-bond acceptors (Lipinski definition) is 4. The molecule has 1 aromatic heterocycles. The summed E-state index contributed by atoms with van der Waals surface area (Å²) >= 11 is 5.72. The van der Waals surface area contributed by atoms with E-state index >= 15 is 0 Å². The molecule has 0 unspecified atom stereocenters. The summed E-state index contributed by atoms with van der Waals surface area (Å²) in [6.45, 7) is 3.09. The molecule has 4 nitrogen and oxygen atoms in total. The monoisotopic (exact) mass is 229 g/mol. The molecular weight excluding hydrogens is 218 g/mol. The van der Waals surface area contributed by atoms with Crippen LogP contribution in [0.2, 0.25) is 5.15 Å². The fourth-order valence-corrected chi connectivity index (χ4v) is 1.15. The molecule has 0 fully saturated rings. The summed E-state index contributed by atoms with van der Waals surface area (Å²) in [5.41, 5.74) is 0.274. The summed E-state index contributed by atoms with van der Waals surface area (Å²) in [5.74, 6) is -0.479. The van der Waals surface area contributed by atoms with Crippen molar-refractivity contribution >= 4 is 17.6 Å². The van der Waals surface area contributed by atoms with Crippen molar-refractivity contribution in [2.45, 2.75) is 6.92 Å². The molecule has 0 amide bonds.